The van der Waals surface area contributed by atoms with E-state index in [9.17, 15) is 17.5 Å². The normalized spacial score (nSPS) is 13.2. The van der Waals surface area contributed by atoms with Gasteiger partial charge in [0, 0.05) is 0 Å². The summed E-state index contributed by atoms with van der Waals surface area (Å²) >= 11 is -5.67. The van der Waals surface area contributed by atoms with Crippen LogP contribution in [0.25, 0.3) is 9.44 Å². The highest BCUT2D eigenvalue weighted by Gasteiger charge is 1.53. The molecular weight excluding hydrogens is 216 g/mol. The van der Waals surface area contributed by atoms with Gasteiger partial charge >= 0.3 is 0 Å². The van der Waals surface area contributed by atoms with Crippen LogP contribution < -0.4 is 0 Å². The third-order valence-electron chi connectivity index (χ3n) is 0.569. The fraction of sp³-hybridized carbons (Fsp3) is 1.00. The average molecular weight is 230 g/mol. The van der Waals surface area contributed by atoms with Gasteiger partial charge in [-0.3, -0.25) is 8.42 Å². The lowest BCUT2D eigenvalue weighted by molar-refractivity contribution is 0.535. The Labute approximate surface area is 84.3 Å². The highest BCUT2D eigenvalue weighted by molar-refractivity contribution is 8.00. The molecule has 13 heavy (non-hydrogen) atoms. The molecule has 8 heteroatoms. The van der Waals surface area contributed by atoms with Crippen molar-refractivity contribution in [3.63, 3.8) is 0 Å². The molecule has 0 amide bonds. The fourth-order valence-corrected chi connectivity index (χ4v) is 0.671. The van der Waals surface area contributed by atoms with Gasteiger partial charge in [-0.1, -0.05) is 21.3 Å². The van der Waals surface area contributed by atoms with Crippen LogP contribution in [0.2, 0.25) is 0 Å². The molecule has 0 spiro atoms. The first-order chi connectivity index (χ1) is 5.54. The molecule has 0 aromatic carbocycles. The van der Waals surface area contributed by atoms with Gasteiger partial charge < -0.3 is 18.5 Å². The number of hydrogen-bond donors (Lipinski definition) is 0. The van der Waals surface area contributed by atoms with Gasteiger partial charge in [0.25, 0.3) is 0 Å². The minimum atomic E-state index is -2.83. The molecular formula is C5H14N2O4S2-4. The molecule has 0 aromatic heterocycles. The maximum Gasteiger partial charge on any atom is -0.0776 e. The zero-order chi connectivity index (χ0) is 9.98. The van der Waals surface area contributed by atoms with Crippen LogP contribution in [0.4, 0.5) is 0 Å². The van der Waals surface area contributed by atoms with E-state index in [-0.39, 0.29) is 7.43 Å². The first-order valence-electron chi connectivity index (χ1n) is 3.08. The van der Waals surface area contributed by atoms with Gasteiger partial charge in [-0.05, 0) is 0 Å². The predicted octanol–water partition coefficient (Wildman–Crippen LogP) is 0.984. The lowest BCUT2D eigenvalue weighted by atomic mass is 10.7. The van der Waals surface area contributed by atoms with Crippen LogP contribution in [0, 0.1) is 0 Å². The minimum Gasteiger partial charge on any atom is -0.788 e. The molecule has 6 nitrogen and oxygen atoms in total. The Morgan fingerprint density at radius 3 is 1.38 bits per heavy atom. The molecule has 0 saturated carbocycles. The molecule has 2 atom stereocenters. The summed E-state index contributed by atoms with van der Waals surface area (Å²) in [6, 6.07) is 0. The maximum absolute atomic E-state index is 9.25. The van der Waals surface area contributed by atoms with E-state index in [0.717, 1.165) is 13.1 Å². The van der Waals surface area contributed by atoms with Crippen molar-refractivity contribution in [2.45, 2.75) is 21.3 Å². The van der Waals surface area contributed by atoms with E-state index < -0.39 is 22.5 Å². The Bertz CT molecular complexity index is 130. The lowest BCUT2D eigenvalue weighted by Gasteiger charge is -2.25. The summed E-state index contributed by atoms with van der Waals surface area (Å²) in [6.07, 6.45) is 0. The highest BCUT2D eigenvalue weighted by atomic mass is 32.3. The van der Waals surface area contributed by atoms with Gasteiger partial charge in [0.15, 0.2) is 0 Å². The van der Waals surface area contributed by atoms with Gasteiger partial charge in [0.05, 0.1) is 0 Å². The summed E-state index contributed by atoms with van der Waals surface area (Å²) < 4.78 is 39.1. The highest BCUT2D eigenvalue weighted by Crippen LogP contribution is 1.91. The Morgan fingerprint density at radius 1 is 1.08 bits per heavy atom. The second kappa shape index (κ2) is 14.7. The molecule has 0 N–H and O–H groups in total. The molecule has 2 unspecified atom stereocenters. The summed E-state index contributed by atoms with van der Waals surface area (Å²) in [4.78, 5) is 0. The van der Waals surface area contributed by atoms with E-state index in [1.54, 1.807) is 0 Å². The molecule has 0 bridgehead atoms. The van der Waals surface area contributed by atoms with Crippen molar-refractivity contribution in [1.82, 2.24) is 0 Å². The summed E-state index contributed by atoms with van der Waals surface area (Å²) in [5.41, 5.74) is 0. The average Bonchev–Trinajstić information content (AvgIpc) is 1.87. The van der Waals surface area contributed by atoms with E-state index in [0.29, 0.717) is 0 Å². The van der Waals surface area contributed by atoms with Crippen molar-refractivity contribution in [3.8, 4) is 0 Å². The monoisotopic (exact) mass is 230 g/mol. The Balaban J connectivity index is -0.000000150. The Hall–Kier alpha value is 0.140. The molecule has 0 aliphatic carbocycles. The van der Waals surface area contributed by atoms with Crippen molar-refractivity contribution in [3.05, 3.63) is 9.44 Å². The quantitative estimate of drug-likeness (QED) is 0.670. The summed E-state index contributed by atoms with van der Waals surface area (Å²) in [5, 5.41) is 3.97. The fourth-order valence-electron chi connectivity index (χ4n) is 0.273. The van der Waals surface area contributed by atoms with Gasteiger partial charge in [0.1, 0.15) is 0 Å². The van der Waals surface area contributed by atoms with Crippen LogP contribution in [0.1, 0.15) is 21.3 Å². The van der Waals surface area contributed by atoms with E-state index in [1.165, 1.54) is 0 Å². The van der Waals surface area contributed by atoms with Gasteiger partial charge in [-0.25, -0.2) is 0 Å². The van der Waals surface area contributed by atoms with Crippen molar-refractivity contribution in [2.75, 3.05) is 13.1 Å². The smallest absolute Gasteiger partial charge is 0.0776 e. The van der Waals surface area contributed by atoms with E-state index >= 15 is 0 Å². The molecule has 0 aromatic rings. The third-order valence-corrected chi connectivity index (χ3v) is 1.54. The van der Waals surface area contributed by atoms with Crippen LogP contribution in [-0.4, -0.2) is 30.6 Å². The van der Waals surface area contributed by atoms with Crippen LogP contribution in [0.5, 0.6) is 0 Å². The minimum absolute atomic E-state index is 0. The first-order valence-corrected chi connectivity index (χ1v) is 5.14. The molecule has 0 radical (unpaired) electrons. The van der Waals surface area contributed by atoms with E-state index in [1.807, 2.05) is 13.8 Å². The maximum atomic E-state index is 9.25. The van der Waals surface area contributed by atoms with Gasteiger partial charge in [0.2, 0.25) is 0 Å². The topological polar surface area (TPSA) is 108 Å². The predicted molar refractivity (Wildman–Crippen MR) is 52.4 cm³/mol. The largest absolute Gasteiger partial charge is 0.788 e. The second-order valence-electron chi connectivity index (χ2n) is 1.36. The van der Waals surface area contributed by atoms with Crippen LogP contribution in [0.3, 0.4) is 0 Å². The summed E-state index contributed by atoms with van der Waals surface area (Å²) in [7, 11) is 0. The molecule has 0 rings (SSSR count). The van der Waals surface area contributed by atoms with Crippen molar-refractivity contribution in [1.29, 1.82) is 0 Å². The standard InChI is InChI=1S/C4H10N.CH4.H2NO4S2/c1-3-5-4-2;;2-6(3)1-7(4)5/h3-4H2,1-2H3;1H4;(H,2,3)(H,4,5)/q-1;;-1/p-2. The molecule has 0 heterocycles. The number of rotatable bonds is 4. The van der Waals surface area contributed by atoms with E-state index in [4.69, 9.17) is 0 Å². The van der Waals surface area contributed by atoms with Crippen LogP contribution in [-0.2, 0) is 22.5 Å². The number of hydrogen-bond acceptors (Lipinski definition) is 4. The Morgan fingerprint density at radius 2 is 1.38 bits per heavy atom. The first kappa shape index (κ1) is 18.8. The molecule has 0 fully saturated rings. The van der Waals surface area contributed by atoms with Crippen LogP contribution >= 0.6 is 0 Å². The SMILES string of the molecule is C.CC[N-]CC.O=S([O-])[N-]S(=O)[O-]. The van der Waals surface area contributed by atoms with Gasteiger partial charge in [-0.15, -0.1) is 0 Å². The van der Waals surface area contributed by atoms with E-state index in [2.05, 4.69) is 9.44 Å². The summed E-state index contributed by atoms with van der Waals surface area (Å²) in [5.74, 6) is 0. The van der Waals surface area contributed by atoms with Crippen LogP contribution in [0.15, 0.2) is 0 Å². The van der Waals surface area contributed by atoms with Crippen molar-refractivity contribution < 1.29 is 17.5 Å². The van der Waals surface area contributed by atoms with Crippen molar-refractivity contribution in [2.24, 2.45) is 0 Å². The second-order valence-corrected chi connectivity index (χ2v) is 2.83. The molecule has 0 aliphatic heterocycles. The summed E-state index contributed by atoms with van der Waals surface area (Å²) in [6.45, 7) is 6.03. The van der Waals surface area contributed by atoms with Gasteiger partial charge in [-0.2, -0.15) is 35.6 Å². The molecule has 0 saturated heterocycles. The molecule has 84 valence electrons. The van der Waals surface area contributed by atoms with Crippen molar-refractivity contribution >= 4 is 22.5 Å². The zero-order valence-electron chi connectivity index (χ0n) is 6.76. The third kappa shape index (κ3) is 33.1. The zero-order valence-corrected chi connectivity index (χ0v) is 8.39. The number of nitrogens with zero attached hydrogens (tertiary/aromatic N) is 2. The molecule has 0 aliphatic rings. The Kier molecular flexibility index (Phi) is 21.2. The lowest BCUT2D eigenvalue weighted by Crippen LogP contribution is -1.89.